The van der Waals surface area contributed by atoms with E-state index in [1.54, 1.807) is 0 Å². The minimum absolute atomic E-state index is 0.0670. The van der Waals surface area contributed by atoms with Crippen LogP contribution in [-0.4, -0.2) is 14.5 Å². The van der Waals surface area contributed by atoms with Gasteiger partial charge in [0.05, 0.1) is 22.3 Å². The molecule has 0 amide bonds. The fourth-order valence-corrected chi connectivity index (χ4v) is 5.69. The highest BCUT2D eigenvalue weighted by Crippen LogP contribution is 2.40. The SMILES string of the molecule is Cc1cc(-c2ccccc2)ccc1-n1c(-c2ccc(C)c3c2oc2nc(C(C)(C)C)ccc23)nc2ccccc21. The van der Waals surface area contributed by atoms with E-state index in [1.165, 1.54) is 16.7 Å². The van der Waals surface area contributed by atoms with Crippen molar-refractivity contribution < 1.29 is 4.42 Å². The highest BCUT2D eigenvalue weighted by Gasteiger charge is 2.23. The second-order valence-corrected chi connectivity index (χ2v) is 11.7. The van der Waals surface area contributed by atoms with Gasteiger partial charge in [0.25, 0.3) is 0 Å². The second-order valence-electron chi connectivity index (χ2n) is 11.7. The molecular weight excluding hydrogens is 490 g/mol. The van der Waals surface area contributed by atoms with Crippen molar-refractivity contribution >= 4 is 33.1 Å². The fourth-order valence-electron chi connectivity index (χ4n) is 5.69. The number of hydrogen-bond acceptors (Lipinski definition) is 3. The number of furan rings is 1. The van der Waals surface area contributed by atoms with Crippen molar-refractivity contribution in [3.8, 4) is 28.2 Å². The van der Waals surface area contributed by atoms with Crippen molar-refractivity contribution in [2.45, 2.75) is 40.0 Å². The van der Waals surface area contributed by atoms with Crippen LogP contribution in [0.25, 0.3) is 61.3 Å². The molecule has 3 heterocycles. The highest BCUT2D eigenvalue weighted by molar-refractivity contribution is 6.10. The van der Waals surface area contributed by atoms with E-state index >= 15 is 0 Å². The number of aromatic nitrogens is 3. The summed E-state index contributed by atoms with van der Waals surface area (Å²) in [5.74, 6) is 0.858. The van der Waals surface area contributed by atoms with Gasteiger partial charge in [-0.1, -0.05) is 75.4 Å². The first kappa shape index (κ1) is 24.3. The first-order valence-electron chi connectivity index (χ1n) is 13.8. The molecule has 0 aliphatic carbocycles. The summed E-state index contributed by atoms with van der Waals surface area (Å²) in [6, 6.07) is 34.1. The van der Waals surface area contributed by atoms with Crippen LogP contribution in [0, 0.1) is 13.8 Å². The third-order valence-corrected chi connectivity index (χ3v) is 7.81. The molecule has 3 aromatic heterocycles. The van der Waals surface area contributed by atoms with E-state index in [4.69, 9.17) is 14.4 Å². The summed E-state index contributed by atoms with van der Waals surface area (Å²) in [6.45, 7) is 10.8. The van der Waals surface area contributed by atoms with Crippen molar-refractivity contribution in [3.05, 3.63) is 114 Å². The van der Waals surface area contributed by atoms with Gasteiger partial charge in [0.15, 0.2) is 0 Å². The van der Waals surface area contributed by atoms with Gasteiger partial charge in [0.1, 0.15) is 11.4 Å². The van der Waals surface area contributed by atoms with Gasteiger partial charge in [0.2, 0.25) is 5.71 Å². The zero-order valence-corrected chi connectivity index (χ0v) is 23.5. The molecule has 4 aromatic carbocycles. The summed E-state index contributed by atoms with van der Waals surface area (Å²) in [5, 5.41) is 2.13. The number of rotatable bonds is 3. The van der Waals surface area contributed by atoms with Crippen LogP contribution < -0.4 is 0 Å². The Morgan fingerprint density at radius 2 is 1.48 bits per heavy atom. The van der Waals surface area contributed by atoms with Gasteiger partial charge in [-0.05, 0) is 78.6 Å². The van der Waals surface area contributed by atoms with Crippen LogP contribution in [0.15, 0.2) is 101 Å². The number of aryl methyl sites for hydroxylation is 2. The van der Waals surface area contributed by atoms with E-state index in [0.717, 1.165) is 55.7 Å². The number of para-hydroxylation sites is 2. The van der Waals surface area contributed by atoms with Crippen LogP contribution in [0.2, 0.25) is 0 Å². The summed E-state index contributed by atoms with van der Waals surface area (Å²) in [5.41, 5.74) is 11.2. The van der Waals surface area contributed by atoms with Crippen molar-refractivity contribution in [3.63, 3.8) is 0 Å². The minimum atomic E-state index is -0.0670. The molecule has 0 aliphatic heterocycles. The molecule has 7 aromatic rings. The maximum absolute atomic E-state index is 6.58. The van der Waals surface area contributed by atoms with Crippen LogP contribution in [0.4, 0.5) is 0 Å². The Balaban J connectivity index is 1.49. The lowest BCUT2D eigenvalue weighted by Crippen LogP contribution is -2.12. The number of nitrogens with zero attached hydrogens (tertiary/aromatic N) is 3. The number of benzene rings is 4. The van der Waals surface area contributed by atoms with Gasteiger partial charge in [-0.25, -0.2) is 9.97 Å². The van der Waals surface area contributed by atoms with E-state index < -0.39 is 0 Å². The Kier molecular flexibility index (Phi) is 5.43. The predicted molar refractivity (Wildman–Crippen MR) is 165 cm³/mol. The molecular formula is C36H31N3O. The van der Waals surface area contributed by atoms with Gasteiger partial charge in [-0.15, -0.1) is 0 Å². The monoisotopic (exact) mass is 521 g/mol. The van der Waals surface area contributed by atoms with E-state index in [2.05, 4.69) is 130 Å². The molecule has 0 N–H and O–H groups in total. The number of hydrogen-bond donors (Lipinski definition) is 0. The lowest BCUT2D eigenvalue weighted by Gasteiger charge is -2.16. The van der Waals surface area contributed by atoms with Crippen LogP contribution >= 0.6 is 0 Å². The first-order chi connectivity index (χ1) is 19.3. The topological polar surface area (TPSA) is 43.9 Å². The summed E-state index contributed by atoms with van der Waals surface area (Å²) in [4.78, 5) is 10.1. The number of imidazole rings is 1. The average Bonchev–Trinajstić information content (AvgIpc) is 3.52. The zero-order valence-electron chi connectivity index (χ0n) is 23.5. The molecule has 40 heavy (non-hydrogen) atoms. The molecule has 196 valence electrons. The van der Waals surface area contributed by atoms with Crippen molar-refractivity contribution in [1.82, 2.24) is 14.5 Å². The van der Waals surface area contributed by atoms with Crippen molar-refractivity contribution in [1.29, 1.82) is 0 Å². The molecule has 0 radical (unpaired) electrons. The maximum Gasteiger partial charge on any atom is 0.227 e. The van der Waals surface area contributed by atoms with Crippen molar-refractivity contribution in [2.75, 3.05) is 0 Å². The lowest BCUT2D eigenvalue weighted by molar-refractivity contribution is 0.562. The molecule has 0 spiro atoms. The molecule has 0 saturated carbocycles. The number of pyridine rings is 1. The van der Waals surface area contributed by atoms with E-state index in [0.29, 0.717) is 5.71 Å². The molecule has 4 nitrogen and oxygen atoms in total. The summed E-state index contributed by atoms with van der Waals surface area (Å²) < 4.78 is 8.85. The van der Waals surface area contributed by atoms with Crippen molar-refractivity contribution in [2.24, 2.45) is 0 Å². The Hall–Kier alpha value is -4.70. The summed E-state index contributed by atoms with van der Waals surface area (Å²) >= 11 is 0. The van der Waals surface area contributed by atoms with E-state index in [-0.39, 0.29) is 5.41 Å². The Morgan fingerprint density at radius 1 is 0.700 bits per heavy atom. The van der Waals surface area contributed by atoms with Crippen LogP contribution in [-0.2, 0) is 5.41 Å². The normalized spacial score (nSPS) is 12.1. The smallest absolute Gasteiger partial charge is 0.227 e. The standard InChI is InChI=1S/C36H31N3O/c1-22-15-17-27(33-32(22)26-18-20-31(36(3,4)5)38-35(26)40-33)34-37-28-13-9-10-14-30(28)39(34)29-19-16-25(21-23(29)2)24-11-7-6-8-12-24/h6-21H,1-5H3. The second kappa shape index (κ2) is 8.92. The van der Waals surface area contributed by atoms with Gasteiger partial charge >= 0.3 is 0 Å². The number of fused-ring (bicyclic) bond motifs is 4. The van der Waals surface area contributed by atoms with Crippen LogP contribution in [0.1, 0.15) is 37.6 Å². The fraction of sp³-hybridized carbons (Fsp3) is 0.167. The third kappa shape index (κ3) is 3.83. The van der Waals surface area contributed by atoms with Gasteiger partial charge in [0, 0.05) is 21.9 Å². The maximum atomic E-state index is 6.58. The molecule has 0 atom stereocenters. The van der Waals surface area contributed by atoms with Crippen LogP contribution in [0.3, 0.4) is 0 Å². The minimum Gasteiger partial charge on any atom is -0.437 e. The summed E-state index contributed by atoms with van der Waals surface area (Å²) in [6.07, 6.45) is 0. The molecule has 4 heteroatoms. The Labute approximate surface area is 233 Å². The third-order valence-electron chi connectivity index (χ3n) is 7.81. The van der Waals surface area contributed by atoms with Gasteiger partial charge in [-0.2, -0.15) is 0 Å². The highest BCUT2D eigenvalue weighted by atomic mass is 16.3. The zero-order chi connectivity index (χ0) is 27.6. The van der Waals surface area contributed by atoms with E-state index in [9.17, 15) is 0 Å². The Bertz CT molecular complexity index is 2060. The molecule has 7 rings (SSSR count). The quantitative estimate of drug-likeness (QED) is 0.232. The Morgan fingerprint density at radius 3 is 2.25 bits per heavy atom. The predicted octanol–water partition coefficient (Wildman–Crippen LogP) is 9.57. The molecule has 0 unspecified atom stereocenters. The molecule has 0 aliphatic rings. The first-order valence-corrected chi connectivity index (χ1v) is 13.8. The lowest BCUT2D eigenvalue weighted by atomic mass is 9.91. The molecule has 0 fully saturated rings. The average molecular weight is 522 g/mol. The molecule has 0 saturated heterocycles. The van der Waals surface area contributed by atoms with E-state index in [1.807, 2.05) is 6.07 Å². The van der Waals surface area contributed by atoms with Crippen LogP contribution in [0.5, 0.6) is 0 Å². The van der Waals surface area contributed by atoms with Gasteiger partial charge in [-0.3, -0.25) is 4.57 Å². The largest absolute Gasteiger partial charge is 0.437 e. The van der Waals surface area contributed by atoms with Gasteiger partial charge < -0.3 is 4.42 Å². The summed E-state index contributed by atoms with van der Waals surface area (Å²) in [7, 11) is 0. The molecule has 0 bridgehead atoms.